The van der Waals surface area contributed by atoms with Crippen LogP contribution < -0.4 is 4.72 Å². The lowest BCUT2D eigenvalue weighted by atomic mass is 10.1. The molecule has 0 saturated carbocycles. The van der Waals surface area contributed by atoms with Crippen molar-refractivity contribution < 1.29 is 21.0 Å². The van der Waals surface area contributed by atoms with E-state index in [9.17, 15) is 16.8 Å². The molecular formula is C17H27NO5S2. The first kappa shape index (κ1) is 21.8. The van der Waals surface area contributed by atoms with Crippen LogP contribution in [0.3, 0.4) is 0 Å². The number of hydrogen-bond acceptors (Lipinski definition) is 5. The van der Waals surface area contributed by atoms with Gasteiger partial charge in [-0.15, -0.1) is 0 Å². The molecule has 25 heavy (non-hydrogen) atoms. The summed E-state index contributed by atoms with van der Waals surface area (Å²) in [6.07, 6.45) is 4.09. The Bertz CT molecular complexity index is 817. The van der Waals surface area contributed by atoms with Gasteiger partial charge in [0.25, 0.3) is 10.1 Å². The van der Waals surface area contributed by atoms with E-state index in [2.05, 4.69) is 8.91 Å². The zero-order valence-corrected chi connectivity index (χ0v) is 17.2. The Morgan fingerprint density at radius 1 is 1.08 bits per heavy atom. The zero-order valence-electron chi connectivity index (χ0n) is 15.5. The van der Waals surface area contributed by atoms with E-state index >= 15 is 0 Å². The van der Waals surface area contributed by atoms with Gasteiger partial charge in [0.2, 0.25) is 10.0 Å². The van der Waals surface area contributed by atoms with Crippen molar-refractivity contribution >= 4 is 20.1 Å². The second kappa shape index (κ2) is 8.44. The summed E-state index contributed by atoms with van der Waals surface area (Å²) in [5, 5.41) is 0. The Labute approximate surface area is 151 Å². The van der Waals surface area contributed by atoms with Gasteiger partial charge in [-0.3, -0.25) is 4.18 Å². The van der Waals surface area contributed by atoms with Crippen LogP contribution in [0.5, 0.6) is 0 Å². The molecule has 0 aliphatic rings. The van der Waals surface area contributed by atoms with Gasteiger partial charge in [-0.1, -0.05) is 43.7 Å². The third-order valence-electron chi connectivity index (χ3n) is 3.60. The molecule has 0 amide bonds. The van der Waals surface area contributed by atoms with Crippen molar-refractivity contribution in [2.24, 2.45) is 5.92 Å². The van der Waals surface area contributed by atoms with Crippen LogP contribution in [-0.2, 0) is 24.3 Å². The van der Waals surface area contributed by atoms with E-state index in [-0.39, 0.29) is 17.4 Å². The van der Waals surface area contributed by atoms with Crippen LogP contribution in [0.2, 0.25) is 0 Å². The van der Waals surface area contributed by atoms with Crippen LogP contribution in [0.25, 0.3) is 0 Å². The quantitative estimate of drug-likeness (QED) is 0.545. The molecule has 1 aromatic carbocycles. The summed E-state index contributed by atoms with van der Waals surface area (Å²) in [5.41, 5.74) is 2.39. The summed E-state index contributed by atoms with van der Waals surface area (Å²) in [7, 11) is -7.23. The highest BCUT2D eigenvalue weighted by molar-refractivity contribution is 7.89. The van der Waals surface area contributed by atoms with Gasteiger partial charge in [-0.05, 0) is 37.8 Å². The molecule has 1 rings (SSSR count). The smallest absolute Gasteiger partial charge is 0.264 e. The lowest BCUT2D eigenvalue weighted by Gasteiger charge is -2.21. The normalized spacial score (nSPS) is 14.4. The van der Waals surface area contributed by atoms with Gasteiger partial charge in [-0.2, -0.15) is 8.42 Å². The van der Waals surface area contributed by atoms with Crippen LogP contribution in [0, 0.1) is 26.7 Å². The molecule has 6 nitrogen and oxygen atoms in total. The summed E-state index contributed by atoms with van der Waals surface area (Å²) in [6.45, 7) is 9.09. The van der Waals surface area contributed by atoms with E-state index in [0.29, 0.717) is 11.1 Å². The Morgan fingerprint density at radius 3 is 2.04 bits per heavy atom. The van der Waals surface area contributed by atoms with Crippen molar-refractivity contribution in [2.45, 2.75) is 45.6 Å². The molecule has 0 aromatic heterocycles. The molecular weight excluding hydrogens is 362 g/mol. The van der Waals surface area contributed by atoms with Crippen molar-refractivity contribution in [2.75, 3.05) is 12.9 Å². The molecule has 0 spiro atoms. The van der Waals surface area contributed by atoms with Crippen LogP contribution in [0.4, 0.5) is 0 Å². The van der Waals surface area contributed by atoms with Gasteiger partial charge < -0.3 is 0 Å². The summed E-state index contributed by atoms with van der Waals surface area (Å²) in [6, 6.07) is 3.19. The Kier molecular flexibility index (Phi) is 7.37. The Balaban J connectivity index is 3.03. The van der Waals surface area contributed by atoms with Crippen molar-refractivity contribution in [3.8, 4) is 0 Å². The second-order valence-corrected chi connectivity index (χ2v) is 9.83. The predicted octanol–water partition coefficient (Wildman–Crippen LogP) is 2.45. The molecule has 8 heteroatoms. The number of rotatable bonds is 8. The topological polar surface area (TPSA) is 89.5 Å². The Morgan fingerprint density at radius 2 is 1.60 bits per heavy atom. The highest BCUT2D eigenvalue weighted by atomic mass is 32.2. The van der Waals surface area contributed by atoms with Crippen molar-refractivity contribution in [1.29, 1.82) is 0 Å². The molecule has 1 aromatic rings. The van der Waals surface area contributed by atoms with Crippen molar-refractivity contribution in [3.63, 3.8) is 0 Å². The minimum absolute atomic E-state index is 0.0182. The fraction of sp³-hybridized carbons (Fsp3) is 0.529. The van der Waals surface area contributed by atoms with Crippen molar-refractivity contribution in [1.82, 2.24) is 4.72 Å². The zero-order chi connectivity index (χ0) is 19.4. The minimum Gasteiger partial charge on any atom is -0.266 e. The fourth-order valence-corrected chi connectivity index (χ4v) is 4.71. The highest BCUT2D eigenvalue weighted by Gasteiger charge is 2.24. The molecule has 0 radical (unpaired) electrons. The summed E-state index contributed by atoms with van der Waals surface area (Å²) in [5.74, 6) is -0.0182. The van der Waals surface area contributed by atoms with Gasteiger partial charge in [0, 0.05) is 6.04 Å². The third kappa shape index (κ3) is 6.89. The van der Waals surface area contributed by atoms with Gasteiger partial charge in [-0.25, -0.2) is 13.1 Å². The molecule has 0 aliphatic heterocycles. The number of aryl methyl sites for hydroxylation is 3. The minimum atomic E-state index is -3.71. The van der Waals surface area contributed by atoms with E-state index in [1.807, 2.05) is 32.9 Å². The Hall–Kier alpha value is -1.22. The molecule has 0 unspecified atom stereocenters. The first-order valence-corrected chi connectivity index (χ1v) is 11.2. The molecule has 0 bridgehead atoms. The highest BCUT2D eigenvalue weighted by Crippen LogP contribution is 2.22. The lowest BCUT2D eigenvalue weighted by Crippen LogP contribution is -2.37. The molecule has 0 saturated heterocycles. The first-order chi connectivity index (χ1) is 11.3. The number of nitrogens with one attached hydrogen (secondary N) is 1. The molecule has 142 valence electrons. The standard InChI is InChI=1S/C17H27NO5S2/c1-12(2)16(8-7-9-23-24(6,19)20)18-25(21,22)17-14(4)10-13(3)11-15(17)5/h7-8,10-12,16,18H,9H2,1-6H3/b8-7-/t16-/m1/s1. The average molecular weight is 390 g/mol. The molecule has 1 N–H and O–H groups in total. The largest absolute Gasteiger partial charge is 0.266 e. The molecule has 0 aliphatic carbocycles. The van der Waals surface area contributed by atoms with Crippen LogP contribution in [0.15, 0.2) is 29.2 Å². The predicted molar refractivity (Wildman–Crippen MR) is 99.5 cm³/mol. The van der Waals surface area contributed by atoms with E-state index in [1.54, 1.807) is 19.9 Å². The number of benzene rings is 1. The summed E-state index contributed by atoms with van der Waals surface area (Å²) >= 11 is 0. The van der Waals surface area contributed by atoms with Gasteiger partial charge in [0.15, 0.2) is 0 Å². The maximum absolute atomic E-state index is 12.8. The second-order valence-electron chi connectivity index (χ2n) is 6.54. The maximum Gasteiger partial charge on any atom is 0.264 e. The molecule has 0 heterocycles. The maximum atomic E-state index is 12.8. The van der Waals surface area contributed by atoms with E-state index in [1.165, 1.54) is 6.08 Å². The monoisotopic (exact) mass is 389 g/mol. The van der Waals surface area contributed by atoms with Gasteiger partial charge in [0.1, 0.15) is 0 Å². The van der Waals surface area contributed by atoms with Crippen molar-refractivity contribution in [3.05, 3.63) is 41.0 Å². The molecule has 0 fully saturated rings. The number of sulfonamides is 1. The van der Waals surface area contributed by atoms with Crippen LogP contribution >= 0.6 is 0 Å². The third-order valence-corrected chi connectivity index (χ3v) is 5.93. The van der Waals surface area contributed by atoms with Crippen LogP contribution in [-0.4, -0.2) is 35.7 Å². The summed E-state index contributed by atoms with van der Waals surface area (Å²) < 4.78 is 54.9. The van der Waals surface area contributed by atoms with Gasteiger partial charge in [0.05, 0.1) is 17.8 Å². The average Bonchev–Trinajstić information content (AvgIpc) is 2.39. The van der Waals surface area contributed by atoms with E-state index in [4.69, 9.17) is 0 Å². The van der Waals surface area contributed by atoms with E-state index < -0.39 is 26.2 Å². The lowest BCUT2D eigenvalue weighted by molar-refractivity contribution is 0.360. The van der Waals surface area contributed by atoms with E-state index in [0.717, 1.165) is 11.8 Å². The van der Waals surface area contributed by atoms with Gasteiger partial charge >= 0.3 is 0 Å². The molecule has 1 atom stereocenters. The van der Waals surface area contributed by atoms with Crippen LogP contribution in [0.1, 0.15) is 30.5 Å². The SMILES string of the molecule is Cc1cc(C)c(S(=O)(=O)N[C@H](/C=C\COS(C)(=O)=O)C(C)C)c(C)c1. The first-order valence-electron chi connectivity index (χ1n) is 7.94. The fourth-order valence-electron chi connectivity index (χ4n) is 2.59. The summed E-state index contributed by atoms with van der Waals surface area (Å²) in [4.78, 5) is 0.282. The number of hydrogen-bond donors (Lipinski definition) is 1.